The Morgan fingerprint density at radius 3 is 2.70 bits per heavy atom. The minimum atomic E-state index is -0.0342. The van der Waals surface area contributed by atoms with E-state index < -0.39 is 0 Å². The molecule has 30 heavy (non-hydrogen) atoms. The molecule has 0 amide bonds. The molecular formula is C22H33IN6O. The number of guanidine groups is 1. The van der Waals surface area contributed by atoms with Gasteiger partial charge in [0.2, 0.25) is 5.95 Å². The van der Waals surface area contributed by atoms with Gasteiger partial charge < -0.3 is 24.8 Å². The van der Waals surface area contributed by atoms with Gasteiger partial charge in [0.1, 0.15) is 11.4 Å². The third-order valence-electron chi connectivity index (χ3n) is 6.14. The molecule has 1 fully saturated rings. The summed E-state index contributed by atoms with van der Waals surface area (Å²) in [6.45, 7) is 0.660. The van der Waals surface area contributed by atoms with Gasteiger partial charge in [-0.25, -0.2) is 4.98 Å². The Hall–Kier alpha value is -1.97. The lowest BCUT2D eigenvalue weighted by atomic mass is 9.86. The Morgan fingerprint density at radius 2 is 2.03 bits per heavy atom. The van der Waals surface area contributed by atoms with Crippen molar-refractivity contribution in [2.24, 2.45) is 12.0 Å². The third-order valence-corrected chi connectivity index (χ3v) is 6.14. The maximum atomic E-state index is 6.48. The second-order valence-corrected chi connectivity index (χ2v) is 8.36. The lowest BCUT2D eigenvalue weighted by Gasteiger charge is -2.40. The van der Waals surface area contributed by atoms with Gasteiger partial charge in [-0.1, -0.05) is 18.2 Å². The molecule has 1 unspecified atom stereocenters. The smallest absolute Gasteiger partial charge is 0.204 e. The van der Waals surface area contributed by atoms with Crippen LogP contribution in [0.25, 0.3) is 0 Å². The molecule has 2 N–H and O–H groups in total. The quantitative estimate of drug-likeness (QED) is 0.364. The number of anilines is 1. The Labute approximate surface area is 196 Å². The molecule has 1 atom stereocenters. The standard InChI is InChI=1S/C22H32N6O.HI/c1-23-20(24-14-16-15-25-21(27(2)3)28(16)4)26-18-13-22(11-7-8-12-22)29-19-10-6-5-9-17(18)19;/h5-6,9-10,15,18H,7-8,11-14H2,1-4H3,(H2,23,24,26);1H. The molecule has 164 valence electrons. The van der Waals surface area contributed by atoms with Gasteiger partial charge in [-0.3, -0.25) is 4.99 Å². The van der Waals surface area contributed by atoms with Crippen LogP contribution in [0, 0.1) is 0 Å². The first-order valence-corrected chi connectivity index (χ1v) is 10.4. The first-order chi connectivity index (χ1) is 14.0. The predicted molar refractivity (Wildman–Crippen MR) is 132 cm³/mol. The number of aromatic nitrogens is 2. The molecular weight excluding hydrogens is 491 g/mol. The number of benzene rings is 1. The Balaban J connectivity index is 0.00000256. The molecule has 2 aliphatic rings. The SMILES string of the molecule is CN=C(NCc1cnc(N(C)C)n1C)NC1CC2(CCCC2)Oc2ccccc21.I. The van der Waals surface area contributed by atoms with Crippen LogP contribution in [-0.4, -0.2) is 42.3 Å². The van der Waals surface area contributed by atoms with Crippen molar-refractivity contribution < 1.29 is 4.74 Å². The summed E-state index contributed by atoms with van der Waals surface area (Å²) in [7, 11) is 7.86. The lowest BCUT2D eigenvalue weighted by molar-refractivity contribution is 0.0396. The number of halogens is 1. The number of imidazole rings is 1. The van der Waals surface area contributed by atoms with E-state index in [1.807, 2.05) is 39.3 Å². The van der Waals surface area contributed by atoms with Gasteiger partial charge in [-0.15, -0.1) is 24.0 Å². The number of hydrogen-bond acceptors (Lipinski definition) is 4. The van der Waals surface area contributed by atoms with Crippen LogP contribution in [0.3, 0.4) is 0 Å². The maximum absolute atomic E-state index is 6.48. The van der Waals surface area contributed by atoms with Gasteiger partial charge in [0.05, 0.1) is 24.5 Å². The van der Waals surface area contributed by atoms with E-state index in [9.17, 15) is 0 Å². The molecule has 7 nitrogen and oxygen atoms in total. The first kappa shape index (κ1) is 22.7. The van der Waals surface area contributed by atoms with Crippen molar-refractivity contribution in [1.29, 1.82) is 0 Å². The highest BCUT2D eigenvalue weighted by Crippen LogP contribution is 2.46. The van der Waals surface area contributed by atoms with Gasteiger partial charge in [0, 0.05) is 40.2 Å². The van der Waals surface area contributed by atoms with E-state index in [-0.39, 0.29) is 35.6 Å². The first-order valence-electron chi connectivity index (χ1n) is 10.4. The van der Waals surface area contributed by atoms with E-state index in [1.54, 1.807) is 0 Å². The van der Waals surface area contributed by atoms with E-state index in [0.29, 0.717) is 6.54 Å². The van der Waals surface area contributed by atoms with Crippen LogP contribution in [-0.2, 0) is 13.6 Å². The molecule has 0 bridgehead atoms. The summed E-state index contributed by atoms with van der Waals surface area (Å²) in [5.41, 5.74) is 2.28. The fraction of sp³-hybridized carbons (Fsp3) is 0.545. The van der Waals surface area contributed by atoms with Crippen LogP contribution in [0.5, 0.6) is 5.75 Å². The molecule has 0 radical (unpaired) electrons. The van der Waals surface area contributed by atoms with Crippen molar-refractivity contribution in [2.45, 2.75) is 50.3 Å². The van der Waals surface area contributed by atoms with Crippen molar-refractivity contribution in [2.75, 3.05) is 26.0 Å². The van der Waals surface area contributed by atoms with E-state index >= 15 is 0 Å². The fourth-order valence-corrected chi connectivity index (χ4v) is 4.62. The van der Waals surface area contributed by atoms with Crippen LogP contribution in [0.1, 0.15) is 49.4 Å². The highest BCUT2D eigenvalue weighted by atomic mass is 127. The van der Waals surface area contributed by atoms with E-state index in [2.05, 4.69) is 49.4 Å². The zero-order valence-electron chi connectivity index (χ0n) is 18.3. The Kier molecular flexibility index (Phi) is 7.15. The van der Waals surface area contributed by atoms with Crippen LogP contribution >= 0.6 is 24.0 Å². The second-order valence-electron chi connectivity index (χ2n) is 8.36. The minimum absolute atomic E-state index is 0. The van der Waals surface area contributed by atoms with Gasteiger partial charge in [0.15, 0.2) is 5.96 Å². The molecule has 1 aliphatic heterocycles. The van der Waals surface area contributed by atoms with Crippen molar-refractivity contribution in [3.05, 3.63) is 41.7 Å². The van der Waals surface area contributed by atoms with Gasteiger partial charge in [-0.2, -0.15) is 0 Å². The molecule has 8 heteroatoms. The molecule has 2 aromatic rings. The van der Waals surface area contributed by atoms with Gasteiger partial charge >= 0.3 is 0 Å². The van der Waals surface area contributed by atoms with Gasteiger partial charge in [0.25, 0.3) is 0 Å². The fourth-order valence-electron chi connectivity index (χ4n) is 4.62. The summed E-state index contributed by atoms with van der Waals surface area (Å²) in [5, 5.41) is 7.11. The molecule has 1 saturated carbocycles. The van der Waals surface area contributed by atoms with Crippen LogP contribution in [0.15, 0.2) is 35.5 Å². The van der Waals surface area contributed by atoms with Gasteiger partial charge in [-0.05, 0) is 31.7 Å². The van der Waals surface area contributed by atoms with Crippen molar-refractivity contribution in [1.82, 2.24) is 20.2 Å². The topological polar surface area (TPSA) is 66.7 Å². The van der Waals surface area contributed by atoms with Crippen molar-refractivity contribution in [3.8, 4) is 5.75 Å². The molecule has 2 heterocycles. The summed E-state index contributed by atoms with van der Waals surface area (Å²) < 4.78 is 8.57. The van der Waals surface area contributed by atoms with E-state index in [0.717, 1.165) is 42.6 Å². The van der Waals surface area contributed by atoms with Crippen LogP contribution in [0.4, 0.5) is 5.95 Å². The highest BCUT2D eigenvalue weighted by Gasteiger charge is 2.43. The Morgan fingerprint density at radius 1 is 1.30 bits per heavy atom. The zero-order valence-corrected chi connectivity index (χ0v) is 20.6. The summed E-state index contributed by atoms with van der Waals surface area (Å²) >= 11 is 0. The number of para-hydroxylation sites is 1. The summed E-state index contributed by atoms with van der Waals surface area (Å²) in [6.07, 6.45) is 7.64. The highest BCUT2D eigenvalue weighted by molar-refractivity contribution is 14.0. The Bertz CT molecular complexity index is 888. The third kappa shape index (κ3) is 4.53. The molecule has 1 aliphatic carbocycles. The summed E-state index contributed by atoms with van der Waals surface area (Å²) in [5.74, 6) is 2.74. The van der Waals surface area contributed by atoms with Crippen LogP contribution in [0.2, 0.25) is 0 Å². The predicted octanol–water partition coefficient (Wildman–Crippen LogP) is 3.61. The minimum Gasteiger partial charge on any atom is -0.487 e. The molecule has 0 saturated heterocycles. The average Bonchev–Trinajstić information content (AvgIpc) is 3.31. The number of rotatable bonds is 4. The largest absolute Gasteiger partial charge is 0.487 e. The summed E-state index contributed by atoms with van der Waals surface area (Å²) in [6, 6.07) is 8.58. The zero-order chi connectivity index (χ0) is 20.4. The molecule has 4 rings (SSSR count). The number of aliphatic imine (C=N–C) groups is 1. The maximum Gasteiger partial charge on any atom is 0.204 e. The molecule has 1 aromatic heterocycles. The number of nitrogens with one attached hydrogen (secondary N) is 2. The number of nitrogens with zero attached hydrogens (tertiary/aromatic N) is 4. The van der Waals surface area contributed by atoms with Crippen LogP contribution < -0.4 is 20.3 Å². The molecule has 1 aromatic carbocycles. The number of fused-ring (bicyclic) bond motifs is 1. The second kappa shape index (κ2) is 9.45. The summed E-state index contributed by atoms with van der Waals surface area (Å²) in [4.78, 5) is 11.0. The molecule has 1 spiro atoms. The van der Waals surface area contributed by atoms with Crippen molar-refractivity contribution in [3.63, 3.8) is 0 Å². The lowest BCUT2D eigenvalue weighted by Crippen LogP contribution is -2.46. The van der Waals surface area contributed by atoms with Crippen molar-refractivity contribution >= 4 is 35.9 Å². The monoisotopic (exact) mass is 524 g/mol. The average molecular weight is 524 g/mol. The number of hydrogen-bond donors (Lipinski definition) is 2. The number of ether oxygens (including phenoxy) is 1. The van der Waals surface area contributed by atoms with E-state index in [4.69, 9.17) is 4.74 Å². The van der Waals surface area contributed by atoms with E-state index in [1.165, 1.54) is 18.4 Å². The normalized spacial score (nSPS) is 19.6.